The van der Waals surface area contributed by atoms with Crippen molar-refractivity contribution in [2.75, 3.05) is 33.1 Å². The van der Waals surface area contributed by atoms with E-state index in [1.54, 1.807) is 129 Å². The van der Waals surface area contributed by atoms with Crippen LogP contribution < -0.4 is 10.4 Å². The first-order chi connectivity index (χ1) is 29.3. The number of thioether (sulfide) groups is 1. The molecule has 0 bridgehead atoms. The maximum atomic E-state index is 16.1. The first-order valence-corrected chi connectivity index (χ1v) is 24.7. The summed E-state index contributed by atoms with van der Waals surface area (Å²) in [5.74, 6) is -11.0. The quantitative estimate of drug-likeness (QED) is 0.0190. The minimum absolute atomic E-state index is 0.0190. The molecule has 9 nitrogen and oxygen atoms in total. The van der Waals surface area contributed by atoms with Gasteiger partial charge in [-0.05, 0) is 45.9 Å². The number of carbonyl (C=O) groups is 1. The van der Waals surface area contributed by atoms with E-state index in [0.29, 0.717) is 57.5 Å². The van der Waals surface area contributed by atoms with Crippen molar-refractivity contribution in [3.8, 4) is 11.1 Å². The Labute approximate surface area is 367 Å². The fourth-order valence-corrected chi connectivity index (χ4v) is 13.8. The number of aryl methyl sites for hydroxylation is 1. The van der Waals surface area contributed by atoms with Gasteiger partial charge in [-0.1, -0.05) is 149 Å². The van der Waals surface area contributed by atoms with Gasteiger partial charge in [-0.2, -0.15) is 26.0 Å². The second-order valence-electron chi connectivity index (χ2n) is 16.1. The van der Waals surface area contributed by atoms with Gasteiger partial charge < -0.3 is 18.6 Å². The van der Waals surface area contributed by atoms with Gasteiger partial charge in [0.1, 0.15) is 23.8 Å². The lowest BCUT2D eigenvalue weighted by atomic mass is 10.0. The predicted octanol–water partition coefficient (Wildman–Crippen LogP) is 9.34. The number of nitrogens with zero attached hydrogens (tertiary/aromatic N) is 4. The summed E-state index contributed by atoms with van der Waals surface area (Å²) in [5, 5.41) is 0.480. The zero-order chi connectivity index (χ0) is 45.3. The monoisotopic (exact) mass is 910 g/mol. The molecule has 332 valence electrons. The third-order valence-electron chi connectivity index (χ3n) is 10.2. The van der Waals surface area contributed by atoms with E-state index in [2.05, 4.69) is 9.38 Å². The van der Waals surface area contributed by atoms with E-state index >= 15 is 17.6 Å². The number of halogens is 4. The number of rotatable bonds is 20. The summed E-state index contributed by atoms with van der Waals surface area (Å²) in [6.07, 6.45) is 3.00. The molecule has 0 atom stereocenters. The summed E-state index contributed by atoms with van der Waals surface area (Å²) in [7, 11) is -4.30. The Morgan fingerprint density at radius 2 is 1.44 bits per heavy atom. The van der Waals surface area contributed by atoms with Crippen LogP contribution in [0.5, 0.6) is 0 Å². The normalized spacial score (nSPS) is 12.8. The van der Waals surface area contributed by atoms with Gasteiger partial charge in [-0.3, -0.25) is 0 Å². The first kappa shape index (κ1) is 48.3. The molecule has 62 heavy (non-hydrogen) atoms. The lowest BCUT2D eigenvalue weighted by Crippen LogP contribution is -2.68. The number of hydrogen-bond acceptors (Lipinski definition) is 7. The molecule has 0 N–H and O–H groups in total. The van der Waals surface area contributed by atoms with E-state index in [0.717, 1.165) is 6.42 Å². The average molecular weight is 911 g/mol. The number of esters is 1. The maximum absolute atomic E-state index is 16.1. The Hall–Kier alpha value is -4.77. The minimum Gasteiger partial charge on any atom is -0.461 e. The van der Waals surface area contributed by atoms with Gasteiger partial charge in [0.2, 0.25) is 0 Å². The van der Waals surface area contributed by atoms with E-state index in [1.807, 2.05) is 27.7 Å². The summed E-state index contributed by atoms with van der Waals surface area (Å²) in [4.78, 5) is 19.7. The summed E-state index contributed by atoms with van der Waals surface area (Å²) < 4.78 is 107. The third kappa shape index (κ3) is 10.9. The van der Waals surface area contributed by atoms with Crippen molar-refractivity contribution in [2.24, 2.45) is 4.40 Å². The van der Waals surface area contributed by atoms with E-state index in [9.17, 15) is 13.2 Å². The molecule has 0 unspecified atom stereocenters. The highest BCUT2D eigenvalue weighted by Gasteiger charge is 2.59. The fraction of sp³-hybridized carbons (Fsp3) is 0.370. The molecule has 0 spiro atoms. The number of benzene rings is 4. The number of imidazole rings is 1. The largest absolute Gasteiger partial charge is 0.461 e. The molecule has 5 rings (SSSR count). The summed E-state index contributed by atoms with van der Waals surface area (Å²) in [6, 6.07) is 31.4. The van der Waals surface area contributed by atoms with Crippen molar-refractivity contribution in [3.05, 3.63) is 126 Å². The van der Waals surface area contributed by atoms with Crippen molar-refractivity contribution in [1.82, 2.24) is 14.5 Å². The Bertz CT molecular complexity index is 2370. The molecule has 0 fully saturated rings. The third-order valence-corrected chi connectivity index (χ3v) is 17.6. The molecule has 0 aliphatic rings. The summed E-state index contributed by atoms with van der Waals surface area (Å²) >= 11 is 0.377. The molecule has 1 aromatic heterocycles. The summed E-state index contributed by atoms with van der Waals surface area (Å²) in [5.41, 5.74) is 1.58. The zero-order valence-corrected chi connectivity index (χ0v) is 38.7. The smallest absolute Gasteiger partial charge is 0.357 e. The number of unbranched alkanes of at least 4 members (excludes halogenated alkanes) is 1. The van der Waals surface area contributed by atoms with Crippen molar-refractivity contribution >= 4 is 52.8 Å². The second-order valence-corrected chi connectivity index (χ2v) is 23.0. The van der Waals surface area contributed by atoms with Crippen LogP contribution in [0.1, 0.15) is 69.3 Å². The molecule has 0 aliphatic heterocycles. The number of alkyl halides is 4. The molecule has 0 aliphatic carbocycles. The van der Waals surface area contributed by atoms with E-state index in [1.165, 1.54) is 17.3 Å². The van der Waals surface area contributed by atoms with Gasteiger partial charge in [-0.15, -0.1) is 4.40 Å². The molecule has 0 radical (unpaired) electrons. The van der Waals surface area contributed by atoms with Crippen LogP contribution in [0.3, 0.4) is 0 Å². The molecule has 0 saturated carbocycles. The van der Waals surface area contributed by atoms with Crippen LogP contribution in [0.15, 0.2) is 124 Å². The van der Waals surface area contributed by atoms with Crippen LogP contribution in [-0.2, 0) is 32.2 Å². The van der Waals surface area contributed by atoms with Crippen LogP contribution in [0.25, 0.3) is 11.1 Å². The van der Waals surface area contributed by atoms with Gasteiger partial charge >= 0.3 is 17.8 Å². The second kappa shape index (κ2) is 20.2. The molecule has 5 aromatic rings. The number of carbonyl (C=O) groups excluding carboxylic acids is 1. The Kier molecular flexibility index (Phi) is 15.7. The average Bonchev–Trinajstić information content (AvgIpc) is 3.58. The van der Waals surface area contributed by atoms with Crippen molar-refractivity contribution < 1.29 is 39.9 Å². The molecule has 4 aromatic carbocycles. The molecule has 1 heterocycles. The highest BCUT2D eigenvalue weighted by Crippen LogP contribution is 2.43. The lowest BCUT2D eigenvalue weighted by Gasteiger charge is -2.44. The topological polar surface area (TPSA) is 103 Å². The number of aromatic nitrogens is 2. The number of ether oxygens (including phenoxy) is 1. The molecular formula is C46H54F4N4O5S2Si. The Morgan fingerprint density at radius 1 is 0.855 bits per heavy atom. The van der Waals surface area contributed by atoms with E-state index in [4.69, 9.17) is 9.16 Å². The van der Waals surface area contributed by atoms with Gasteiger partial charge in [0.15, 0.2) is 5.69 Å². The van der Waals surface area contributed by atoms with Gasteiger partial charge in [-0.25, -0.2) is 9.78 Å². The Morgan fingerprint density at radius 3 is 1.98 bits per heavy atom. The molecule has 0 amide bonds. The highest BCUT2D eigenvalue weighted by atomic mass is 32.2. The minimum atomic E-state index is -4.61. The standard InChI is InChI=1S/C46H54F4N4O5S2Si/c1-8-10-25-40-52-42(60-32-46(49,50)45(47,48)31-59-62(44(3,4)5,36-19-13-11-14-20-36)37-21-15-12-16-22-37)41(43(55)58-9-2)54(40)30-34-26-28-35(29-27-34)38-23-17-18-24-39(38)61(56,57)51-33-53(6)7/h11-24,26-29,33H,8-10,25,30-32H2,1-7H3/b51-33+. The molecule has 0 saturated heterocycles. The zero-order valence-electron chi connectivity index (χ0n) is 36.1. The Balaban J connectivity index is 1.45. The van der Waals surface area contributed by atoms with Gasteiger partial charge in [0.25, 0.3) is 18.3 Å². The van der Waals surface area contributed by atoms with Crippen LogP contribution in [-0.4, -0.2) is 88.4 Å². The fourth-order valence-electron chi connectivity index (χ4n) is 7.11. The summed E-state index contributed by atoms with van der Waals surface area (Å²) in [6.45, 7) is 7.69. The SMILES string of the molecule is CCCCc1nc(SCC(F)(F)C(F)(F)CO[Si](c2ccccc2)(c2ccccc2)C(C)(C)C)c(C(=O)OCC)n1Cc1ccc(-c2ccccc2S(=O)(=O)/N=C/N(C)C)cc1. The highest BCUT2D eigenvalue weighted by molar-refractivity contribution is 7.99. The van der Waals surface area contributed by atoms with E-state index < -0.39 is 53.6 Å². The van der Waals surface area contributed by atoms with Crippen molar-refractivity contribution in [1.29, 1.82) is 0 Å². The molecule has 16 heteroatoms. The van der Waals surface area contributed by atoms with Gasteiger partial charge in [0.05, 0.1) is 17.3 Å². The van der Waals surface area contributed by atoms with Crippen LogP contribution in [0.4, 0.5) is 17.6 Å². The van der Waals surface area contributed by atoms with E-state index in [-0.39, 0.29) is 28.8 Å². The molecular weight excluding hydrogens is 857 g/mol. The lowest BCUT2D eigenvalue weighted by molar-refractivity contribution is -0.209. The van der Waals surface area contributed by atoms with Crippen LogP contribution >= 0.6 is 11.8 Å². The van der Waals surface area contributed by atoms with Crippen molar-refractivity contribution in [3.63, 3.8) is 0 Å². The number of hydrogen-bond donors (Lipinski definition) is 0. The maximum Gasteiger partial charge on any atom is 0.357 e. The van der Waals surface area contributed by atoms with Gasteiger partial charge in [0, 0.05) is 32.6 Å². The first-order valence-electron chi connectivity index (χ1n) is 20.3. The predicted molar refractivity (Wildman–Crippen MR) is 241 cm³/mol. The van der Waals surface area contributed by atoms with Crippen molar-refractivity contribution in [2.45, 2.75) is 87.2 Å². The number of sulfonamides is 1. The van der Waals surface area contributed by atoms with Crippen LogP contribution in [0.2, 0.25) is 5.04 Å². The van der Waals surface area contributed by atoms with Crippen LogP contribution in [0, 0.1) is 0 Å².